The number of aromatic nitrogens is 2. The third-order valence-corrected chi connectivity index (χ3v) is 6.50. The second kappa shape index (κ2) is 9.12. The van der Waals surface area contributed by atoms with E-state index >= 15 is 0 Å². The molecule has 3 heterocycles. The van der Waals surface area contributed by atoms with Gasteiger partial charge in [0.05, 0.1) is 25.4 Å². The van der Waals surface area contributed by atoms with Crippen LogP contribution >= 0.6 is 11.6 Å². The number of nitrogens with one attached hydrogen (secondary N) is 1. The van der Waals surface area contributed by atoms with Crippen LogP contribution in [0.5, 0.6) is 23.1 Å². The van der Waals surface area contributed by atoms with Crippen LogP contribution in [0.15, 0.2) is 44.9 Å². The largest absolute Gasteiger partial charge is 0.493 e. The summed E-state index contributed by atoms with van der Waals surface area (Å²) in [4.78, 5) is 33.7. The summed E-state index contributed by atoms with van der Waals surface area (Å²) in [5, 5.41) is 11.2. The molecule has 11 heteroatoms. The molecule has 2 aliphatic rings. The smallest absolute Gasteiger partial charge is 0.335 e. The van der Waals surface area contributed by atoms with Crippen LogP contribution in [0.2, 0.25) is 5.02 Å². The Morgan fingerprint density at radius 3 is 2.80 bits per heavy atom. The molecule has 3 aromatic rings. The van der Waals surface area contributed by atoms with E-state index < -0.39 is 17.1 Å². The summed E-state index contributed by atoms with van der Waals surface area (Å²) in [6, 6.07) is 8.10. The Labute approximate surface area is 205 Å². The lowest BCUT2D eigenvalue weighted by atomic mass is 9.91. The van der Waals surface area contributed by atoms with Crippen molar-refractivity contribution in [2.45, 2.75) is 12.5 Å². The molecule has 5 rings (SSSR count). The molecule has 2 aliphatic heterocycles. The highest BCUT2D eigenvalue weighted by Crippen LogP contribution is 2.49. The van der Waals surface area contributed by atoms with Crippen molar-refractivity contribution in [1.82, 2.24) is 14.5 Å². The van der Waals surface area contributed by atoms with Crippen LogP contribution in [0.4, 0.5) is 0 Å². The van der Waals surface area contributed by atoms with Crippen molar-refractivity contribution in [3.05, 3.63) is 72.9 Å². The number of ether oxygens (including phenoxy) is 3. The summed E-state index contributed by atoms with van der Waals surface area (Å²) < 4.78 is 17.9. The van der Waals surface area contributed by atoms with Crippen molar-refractivity contribution in [2.24, 2.45) is 4.99 Å². The number of H-pyrrole nitrogens is 1. The number of hydrogen-bond acceptors (Lipinski definition) is 8. The highest BCUT2D eigenvalue weighted by molar-refractivity contribution is 6.30. The van der Waals surface area contributed by atoms with Crippen molar-refractivity contribution < 1.29 is 19.3 Å². The zero-order valence-corrected chi connectivity index (χ0v) is 19.8. The summed E-state index contributed by atoms with van der Waals surface area (Å²) in [6.07, 6.45) is 2.09. The molecule has 0 saturated carbocycles. The number of fused-ring (bicyclic) bond motifs is 2. The number of hydrogen-bond donors (Lipinski definition) is 2. The van der Waals surface area contributed by atoms with Crippen LogP contribution in [-0.4, -0.2) is 59.8 Å². The lowest BCUT2D eigenvalue weighted by Gasteiger charge is -2.35. The maximum atomic E-state index is 12.5. The molecule has 0 fully saturated rings. The molecule has 182 valence electrons. The quantitative estimate of drug-likeness (QED) is 0.518. The molecule has 10 nitrogen and oxygen atoms in total. The van der Waals surface area contributed by atoms with Crippen LogP contribution in [0.3, 0.4) is 0 Å². The van der Waals surface area contributed by atoms with Gasteiger partial charge in [0.15, 0.2) is 11.5 Å². The van der Waals surface area contributed by atoms with Gasteiger partial charge in [-0.15, -0.1) is 0 Å². The van der Waals surface area contributed by atoms with E-state index in [0.29, 0.717) is 28.0 Å². The molecular formula is C24H23ClN4O6. The third-order valence-electron chi connectivity index (χ3n) is 6.25. The molecule has 0 unspecified atom stereocenters. The van der Waals surface area contributed by atoms with Crippen LogP contribution < -0.4 is 25.5 Å². The lowest BCUT2D eigenvalue weighted by molar-refractivity contribution is 0.170. The first-order valence-electron chi connectivity index (χ1n) is 10.9. The van der Waals surface area contributed by atoms with Crippen LogP contribution in [0.25, 0.3) is 5.69 Å². The van der Waals surface area contributed by atoms with Gasteiger partial charge in [-0.3, -0.25) is 19.7 Å². The van der Waals surface area contributed by atoms with E-state index in [1.807, 2.05) is 13.1 Å². The summed E-state index contributed by atoms with van der Waals surface area (Å²) in [6.45, 7) is 1.21. The van der Waals surface area contributed by atoms with E-state index in [2.05, 4.69) is 14.9 Å². The zero-order chi connectivity index (χ0) is 24.7. The highest BCUT2D eigenvalue weighted by atomic mass is 35.5. The molecule has 2 N–H and O–H groups in total. The topological polar surface area (TPSA) is 118 Å². The Kier molecular flexibility index (Phi) is 6.00. The number of aromatic amines is 1. The SMILES string of the molecule is COc1c2c(cc3c1[C@@H](CN=Cc1c(O)n(-c4ccc(Cl)cc4)c(=O)[nH]c1=O)N(C)CC3)OCO2. The molecule has 0 spiro atoms. The van der Waals surface area contributed by atoms with Crippen LogP contribution in [-0.2, 0) is 6.42 Å². The Balaban J connectivity index is 1.50. The standard InChI is InChI=1S/C24H23ClN4O6/c1-28-8-7-13-9-18-20(35-12-34-18)21(33-2)19(13)17(28)11-26-10-16-22(30)27-24(32)29(23(16)31)15-5-3-14(25)4-6-15/h3-6,9-10,17,31H,7-8,11-12H2,1-2H3,(H,27,30,32)/t17-/m1/s1. The Hall–Kier alpha value is -3.76. The Morgan fingerprint density at radius 1 is 1.29 bits per heavy atom. The molecule has 1 atom stereocenters. The van der Waals surface area contributed by atoms with Gasteiger partial charge in [-0.05, 0) is 49.4 Å². The Morgan fingerprint density at radius 2 is 2.06 bits per heavy atom. The van der Waals surface area contributed by atoms with Crippen LogP contribution in [0.1, 0.15) is 22.7 Å². The summed E-state index contributed by atoms with van der Waals surface area (Å²) in [5.74, 6) is 1.33. The van der Waals surface area contributed by atoms with Gasteiger partial charge in [0.25, 0.3) is 5.56 Å². The highest BCUT2D eigenvalue weighted by Gasteiger charge is 2.33. The first kappa shape index (κ1) is 23.0. The number of halogens is 1. The summed E-state index contributed by atoms with van der Waals surface area (Å²) >= 11 is 5.92. The molecular weight excluding hydrogens is 476 g/mol. The lowest BCUT2D eigenvalue weighted by Crippen LogP contribution is -2.34. The fraction of sp³-hybridized carbons (Fsp3) is 0.292. The van der Waals surface area contributed by atoms with E-state index in [-0.39, 0.29) is 24.9 Å². The zero-order valence-electron chi connectivity index (χ0n) is 19.1. The fourth-order valence-electron chi connectivity index (χ4n) is 4.48. The predicted molar refractivity (Wildman–Crippen MR) is 130 cm³/mol. The van der Waals surface area contributed by atoms with E-state index in [9.17, 15) is 14.7 Å². The summed E-state index contributed by atoms with van der Waals surface area (Å²) in [7, 11) is 3.57. The van der Waals surface area contributed by atoms with Crippen molar-refractivity contribution >= 4 is 17.8 Å². The average Bonchev–Trinajstić information content (AvgIpc) is 3.30. The van der Waals surface area contributed by atoms with Crippen molar-refractivity contribution in [3.8, 4) is 28.8 Å². The monoisotopic (exact) mass is 498 g/mol. The number of aromatic hydroxyl groups is 1. The van der Waals surface area contributed by atoms with Gasteiger partial charge in [0, 0.05) is 23.3 Å². The molecule has 0 aliphatic carbocycles. The third kappa shape index (κ3) is 4.04. The second-order valence-electron chi connectivity index (χ2n) is 8.27. The number of aliphatic imine (C=N–C) groups is 1. The molecule has 0 radical (unpaired) electrons. The number of methoxy groups -OCH3 is 1. The molecule has 2 aromatic carbocycles. The summed E-state index contributed by atoms with van der Waals surface area (Å²) in [5.41, 5.74) is 0.752. The predicted octanol–water partition coefficient (Wildman–Crippen LogP) is 2.27. The van der Waals surface area contributed by atoms with Gasteiger partial charge in [0.1, 0.15) is 5.56 Å². The van der Waals surface area contributed by atoms with Gasteiger partial charge in [-0.2, -0.15) is 0 Å². The minimum absolute atomic E-state index is 0.129. The van der Waals surface area contributed by atoms with Crippen molar-refractivity contribution in [2.75, 3.05) is 34.0 Å². The maximum Gasteiger partial charge on any atom is 0.335 e. The van der Waals surface area contributed by atoms with Crippen molar-refractivity contribution in [3.63, 3.8) is 0 Å². The van der Waals surface area contributed by atoms with E-state index in [1.54, 1.807) is 31.4 Å². The minimum Gasteiger partial charge on any atom is -0.493 e. The van der Waals surface area contributed by atoms with Crippen LogP contribution in [0, 0.1) is 0 Å². The Bertz CT molecular complexity index is 1430. The van der Waals surface area contributed by atoms with E-state index in [1.165, 1.54) is 6.21 Å². The fourth-order valence-corrected chi connectivity index (χ4v) is 4.61. The molecule has 0 bridgehead atoms. The van der Waals surface area contributed by atoms with Gasteiger partial charge in [0.2, 0.25) is 18.4 Å². The number of likely N-dealkylation sites (N-methyl/N-ethyl adjacent to an activating group) is 1. The average molecular weight is 499 g/mol. The molecule has 1 aromatic heterocycles. The maximum absolute atomic E-state index is 12.5. The minimum atomic E-state index is -0.770. The number of benzene rings is 2. The number of rotatable bonds is 5. The number of nitrogens with zero attached hydrogens (tertiary/aromatic N) is 3. The van der Waals surface area contributed by atoms with Gasteiger partial charge >= 0.3 is 5.69 Å². The van der Waals surface area contributed by atoms with Gasteiger partial charge < -0.3 is 19.3 Å². The molecule has 0 amide bonds. The first-order chi connectivity index (χ1) is 16.9. The first-order valence-corrected chi connectivity index (χ1v) is 11.3. The van der Waals surface area contributed by atoms with E-state index in [0.717, 1.165) is 28.7 Å². The van der Waals surface area contributed by atoms with Gasteiger partial charge in [-0.25, -0.2) is 9.36 Å². The normalized spacial score (nSPS) is 17.1. The van der Waals surface area contributed by atoms with Crippen molar-refractivity contribution in [1.29, 1.82) is 0 Å². The molecule has 35 heavy (non-hydrogen) atoms. The van der Waals surface area contributed by atoms with E-state index in [4.69, 9.17) is 25.8 Å². The molecule has 0 saturated heterocycles. The van der Waals surface area contributed by atoms with Gasteiger partial charge in [-0.1, -0.05) is 11.6 Å². The second-order valence-corrected chi connectivity index (χ2v) is 8.70.